The van der Waals surface area contributed by atoms with E-state index in [1.54, 1.807) is 0 Å². The topological polar surface area (TPSA) is 62.4 Å². The minimum absolute atomic E-state index is 0.137. The fourth-order valence-electron chi connectivity index (χ4n) is 1.74. The van der Waals surface area contributed by atoms with Crippen LogP contribution in [0.25, 0.3) is 0 Å². The van der Waals surface area contributed by atoms with E-state index in [0.29, 0.717) is 18.6 Å². The zero-order valence-corrected chi connectivity index (χ0v) is 8.86. The van der Waals surface area contributed by atoms with Crippen LogP contribution in [0.2, 0.25) is 0 Å². The van der Waals surface area contributed by atoms with Crippen LogP contribution in [0.15, 0.2) is 11.1 Å². The average molecular weight is 212 g/mol. The van der Waals surface area contributed by atoms with E-state index in [1.807, 2.05) is 6.92 Å². The monoisotopic (exact) mass is 212 g/mol. The van der Waals surface area contributed by atoms with E-state index in [2.05, 4.69) is 0 Å². The van der Waals surface area contributed by atoms with Crippen molar-refractivity contribution < 1.29 is 19.4 Å². The van der Waals surface area contributed by atoms with Crippen LogP contribution in [-0.4, -0.2) is 36.5 Å². The molecule has 4 nitrogen and oxygen atoms in total. The minimum Gasteiger partial charge on any atom is -0.478 e. The molecule has 2 rings (SSSR count). The number of ether oxygens (including phenoxy) is 2. The van der Waals surface area contributed by atoms with E-state index in [1.165, 1.54) is 0 Å². The number of epoxide rings is 2. The van der Waals surface area contributed by atoms with Gasteiger partial charge in [-0.2, -0.15) is 0 Å². The first-order chi connectivity index (χ1) is 7.20. The van der Waals surface area contributed by atoms with Gasteiger partial charge in [-0.25, -0.2) is 4.79 Å². The Kier molecular flexibility index (Phi) is 3.07. The Bertz CT molecular complexity index is 287. The van der Waals surface area contributed by atoms with Crippen LogP contribution < -0.4 is 0 Å². The fourth-order valence-corrected chi connectivity index (χ4v) is 1.74. The molecule has 2 heterocycles. The van der Waals surface area contributed by atoms with Gasteiger partial charge in [-0.1, -0.05) is 12.5 Å². The van der Waals surface area contributed by atoms with Crippen molar-refractivity contribution in [2.75, 3.05) is 13.2 Å². The van der Waals surface area contributed by atoms with Crippen LogP contribution in [0.4, 0.5) is 0 Å². The summed E-state index contributed by atoms with van der Waals surface area (Å²) >= 11 is 0. The van der Waals surface area contributed by atoms with Crippen molar-refractivity contribution in [3.05, 3.63) is 11.1 Å². The molecule has 2 atom stereocenters. The maximum Gasteiger partial charge on any atom is 0.331 e. The second-order valence-corrected chi connectivity index (χ2v) is 4.06. The Hall–Kier alpha value is -0.870. The van der Waals surface area contributed by atoms with Gasteiger partial charge in [0.05, 0.1) is 25.4 Å². The third-order valence-corrected chi connectivity index (χ3v) is 2.82. The third-order valence-electron chi connectivity index (χ3n) is 2.82. The summed E-state index contributed by atoms with van der Waals surface area (Å²) in [4.78, 5) is 11.1. The maximum absolute atomic E-state index is 11.1. The molecule has 2 fully saturated rings. The summed E-state index contributed by atoms with van der Waals surface area (Å²) in [5, 5.41) is 9.13. The van der Waals surface area contributed by atoms with Gasteiger partial charge in [0.15, 0.2) is 0 Å². The zero-order valence-electron chi connectivity index (χ0n) is 8.86. The molecule has 0 aromatic rings. The van der Waals surface area contributed by atoms with Crippen molar-refractivity contribution >= 4 is 5.97 Å². The highest BCUT2D eigenvalue weighted by Crippen LogP contribution is 2.28. The number of hydrogen-bond acceptors (Lipinski definition) is 3. The van der Waals surface area contributed by atoms with Crippen molar-refractivity contribution in [1.82, 2.24) is 0 Å². The summed E-state index contributed by atoms with van der Waals surface area (Å²) in [6.45, 7) is 3.47. The van der Waals surface area contributed by atoms with Gasteiger partial charge in [0, 0.05) is 12.0 Å². The van der Waals surface area contributed by atoms with Crippen molar-refractivity contribution in [3.63, 3.8) is 0 Å². The first-order valence-corrected chi connectivity index (χ1v) is 5.38. The number of carboxylic acids is 1. The first kappa shape index (κ1) is 10.6. The lowest BCUT2D eigenvalue weighted by atomic mass is 9.97. The molecular formula is C11H16O4. The molecule has 15 heavy (non-hydrogen) atoms. The summed E-state index contributed by atoms with van der Waals surface area (Å²) < 4.78 is 10.2. The molecule has 0 spiro atoms. The van der Waals surface area contributed by atoms with Gasteiger partial charge in [0.2, 0.25) is 0 Å². The van der Waals surface area contributed by atoms with Crippen LogP contribution in [0.1, 0.15) is 26.2 Å². The SMILES string of the molecule is CC/C(CC1CO1)=C(\CC1CO1)C(=O)O. The standard InChI is InChI=1S/C11H16O4/c1-2-7(3-8-5-14-8)10(11(12)13)4-9-6-15-9/h8-9H,2-6H2,1H3,(H,12,13)/b10-7-. The molecule has 84 valence electrons. The molecule has 1 N–H and O–H groups in total. The van der Waals surface area contributed by atoms with E-state index in [9.17, 15) is 4.79 Å². The van der Waals surface area contributed by atoms with Crippen molar-refractivity contribution in [3.8, 4) is 0 Å². The molecule has 0 aromatic carbocycles. The Morgan fingerprint density at radius 1 is 1.27 bits per heavy atom. The average Bonchev–Trinajstić information content (AvgIpc) is 3.05. The minimum atomic E-state index is -0.803. The van der Waals surface area contributed by atoms with Crippen molar-refractivity contribution in [2.45, 2.75) is 38.4 Å². The normalized spacial score (nSPS) is 29.7. The molecule has 2 aliphatic rings. The Balaban J connectivity index is 2.06. The summed E-state index contributed by atoms with van der Waals surface area (Å²) in [7, 11) is 0. The van der Waals surface area contributed by atoms with Gasteiger partial charge >= 0.3 is 5.97 Å². The van der Waals surface area contributed by atoms with E-state index < -0.39 is 5.97 Å². The van der Waals surface area contributed by atoms with Gasteiger partial charge in [-0.15, -0.1) is 0 Å². The number of carbonyl (C=O) groups is 1. The molecule has 0 bridgehead atoms. The quantitative estimate of drug-likeness (QED) is 0.533. The van der Waals surface area contributed by atoms with Crippen molar-refractivity contribution in [2.24, 2.45) is 0 Å². The Morgan fingerprint density at radius 3 is 2.20 bits per heavy atom. The molecule has 0 amide bonds. The van der Waals surface area contributed by atoms with Gasteiger partial charge in [-0.05, 0) is 12.8 Å². The Morgan fingerprint density at radius 2 is 1.80 bits per heavy atom. The predicted molar refractivity (Wildman–Crippen MR) is 53.7 cm³/mol. The lowest BCUT2D eigenvalue weighted by Gasteiger charge is -2.08. The first-order valence-electron chi connectivity index (χ1n) is 5.38. The highest BCUT2D eigenvalue weighted by molar-refractivity contribution is 5.87. The summed E-state index contributed by atoms with van der Waals surface area (Å²) in [5.41, 5.74) is 1.55. The van der Waals surface area contributed by atoms with Gasteiger partial charge < -0.3 is 14.6 Å². The molecule has 0 saturated carbocycles. The van der Waals surface area contributed by atoms with E-state index >= 15 is 0 Å². The molecule has 0 aliphatic carbocycles. The predicted octanol–water partition coefficient (Wildman–Crippen LogP) is 1.36. The van der Waals surface area contributed by atoms with Gasteiger partial charge in [-0.3, -0.25) is 0 Å². The molecule has 4 heteroatoms. The van der Waals surface area contributed by atoms with Crippen LogP contribution >= 0.6 is 0 Å². The highest BCUT2D eigenvalue weighted by Gasteiger charge is 2.30. The lowest BCUT2D eigenvalue weighted by molar-refractivity contribution is -0.133. The van der Waals surface area contributed by atoms with E-state index in [-0.39, 0.29) is 12.2 Å². The molecule has 2 aliphatic heterocycles. The molecule has 2 unspecified atom stereocenters. The lowest BCUT2D eigenvalue weighted by Crippen LogP contribution is -2.08. The Labute approximate surface area is 88.9 Å². The van der Waals surface area contributed by atoms with E-state index in [4.69, 9.17) is 14.6 Å². The van der Waals surface area contributed by atoms with Crippen molar-refractivity contribution in [1.29, 1.82) is 0 Å². The smallest absolute Gasteiger partial charge is 0.331 e. The second-order valence-electron chi connectivity index (χ2n) is 4.06. The van der Waals surface area contributed by atoms with Crippen LogP contribution in [0, 0.1) is 0 Å². The number of aliphatic carboxylic acids is 1. The third kappa shape index (κ3) is 3.04. The van der Waals surface area contributed by atoms with Gasteiger partial charge in [0.25, 0.3) is 0 Å². The summed E-state index contributed by atoms with van der Waals surface area (Å²) in [5.74, 6) is -0.803. The van der Waals surface area contributed by atoms with Crippen LogP contribution in [0.3, 0.4) is 0 Å². The molecule has 0 aromatic heterocycles. The van der Waals surface area contributed by atoms with Crippen LogP contribution in [-0.2, 0) is 14.3 Å². The summed E-state index contributed by atoms with van der Waals surface area (Å²) in [6, 6.07) is 0. The fraction of sp³-hybridized carbons (Fsp3) is 0.727. The summed E-state index contributed by atoms with van der Waals surface area (Å²) in [6.07, 6.45) is 2.50. The maximum atomic E-state index is 11.1. The number of rotatable bonds is 6. The highest BCUT2D eigenvalue weighted by atomic mass is 16.6. The zero-order chi connectivity index (χ0) is 10.8. The van der Waals surface area contributed by atoms with Gasteiger partial charge in [0.1, 0.15) is 0 Å². The molecule has 2 saturated heterocycles. The largest absolute Gasteiger partial charge is 0.478 e. The number of hydrogen-bond donors (Lipinski definition) is 1. The second kappa shape index (κ2) is 4.33. The van der Waals surface area contributed by atoms with E-state index in [0.717, 1.165) is 25.0 Å². The number of carboxylic acid groups (broad SMARTS) is 1. The molecule has 0 radical (unpaired) electrons. The van der Waals surface area contributed by atoms with Crippen LogP contribution in [0.5, 0.6) is 0 Å². The molecular weight excluding hydrogens is 196 g/mol.